The number of rotatable bonds is 4. The molecule has 1 amide bonds. The monoisotopic (exact) mass is 408 g/mol. The first-order valence-corrected chi connectivity index (χ1v) is 9.69. The van der Waals surface area contributed by atoms with E-state index in [2.05, 4.69) is 10.2 Å². The van der Waals surface area contributed by atoms with Crippen LogP contribution in [0.25, 0.3) is 0 Å². The number of halogens is 1. The molecule has 0 atom stereocenters. The van der Waals surface area contributed by atoms with E-state index >= 15 is 0 Å². The molecule has 2 aromatic carbocycles. The number of allylic oxidation sites excluding steroid dienone is 2. The predicted molar refractivity (Wildman–Crippen MR) is 116 cm³/mol. The fourth-order valence-electron chi connectivity index (χ4n) is 3.26. The zero-order chi connectivity index (χ0) is 20.4. The van der Waals surface area contributed by atoms with Crippen molar-refractivity contribution in [3.63, 3.8) is 0 Å². The summed E-state index contributed by atoms with van der Waals surface area (Å²) in [6.45, 7) is 3.76. The van der Waals surface area contributed by atoms with Crippen LogP contribution in [0, 0.1) is 5.41 Å². The third-order valence-electron chi connectivity index (χ3n) is 4.97. The number of nitrogens with zero attached hydrogens (tertiary/aromatic N) is 2. The molecular weight excluding hydrogens is 388 g/mol. The van der Waals surface area contributed by atoms with Crippen molar-refractivity contribution < 1.29 is 9.53 Å². The van der Waals surface area contributed by atoms with Gasteiger partial charge in [-0.05, 0) is 67.1 Å². The van der Waals surface area contributed by atoms with Crippen molar-refractivity contribution >= 4 is 34.9 Å². The van der Waals surface area contributed by atoms with E-state index < -0.39 is 0 Å². The third-order valence-corrected chi connectivity index (χ3v) is 5.22. The Labute approximate surface area is 174 Å². The number of anilines is 2. The van der Waals surface area contributed by atoms with Crippen LogP contribution >= 0.6 is 11.6 Å². The van der Waals surface area contributed by atoms with Crippen LogP contribution in [0.4, 0.5) is 11.4 Å². The number of ether oxygens (including phenoxy) is 1. The van der Waals surface area contributed by atoms with Gasteiger partial charge in [-0.25, -0.2) is 0 Å². The number of benzene rings is 2. The molecule has 2 heterocycles. The highest BCUT2D eigenvalue weighted by atomic mass is 35.5. The zero-order valence-corrected chi connectivity index (χ0v) is 16.7. The van der Waals surface area contributed by atoms with Gasteiger partial charge in [-0.1, -0.05) is 11.6 Å². The van der Waals surface area contributed by atoms with Crippen molar-refractivity contribution in [1.82, 2.24) is 5.32 Å². The highest BCUT2D eigenvalue weighted by Crippen LogP contribution is 2.25. The van der Waals surface area contributed by atoms with E-state index in [9.17, 15) is 4.79 Å². The summed E-state index contributed by atoms with van der Waals surface area (Å²) in [7, 11) is 0. The highest BCUT2D eigenvalue weighted by Gasteiger charge is 2.21. The third kappa shape index (κ3) is 4.12. The van der Waals surface area contributed by atoms with Gasteiger partial charge in [-0.15, -0.1) is 0 Å². The number of hydrogen-bond acceptors (Lipinski definition) is 4. The Morgan fingerprint density at radius 1 is 1.10 bits per heavy atom. The summed E-state index contributed by atoms with van der Waals surface area (Å²) in [6.07, 6.45) is 3.99. The molecule has 0 spiro atoms. The number of carbonyl (C=O) groups is 1. The Morgan fingerprint density at radius 2 is 1.79 bits per heavy atom. The Kier molecular flexibility index (Phi) is 5.27. The Hall–Kier alpha value is -3.25. The fourth-order valence-corrected chi connectivity index (χ4v) is 3.39. The van der Waals surface area contributed by atoms with Gasteiger partial charge in [0.15, 0.2) is 0 Å². The second-order valence-corrected chi connectivity index (χ2v) is 7.32. The largest absolute Gasteiger partial charge is 0.463 e. The van der Waals surface area contributed by atoms with E-state index in [4.69, 9.17) is 21.7 Å². The SMILES string of the molecule is CC1=C(NC(=O)c2ccc(Cl)cc2)CN(c2ccc(N3CCOC3=N)cc2)C=C1. The van der Waals surface area contributed by atoms with E-state index in [0.29, 0.717) is 30.3 Å². The lowest BCUT2D eigenvalue weighted by Gasteiger charge is -2.27. The first kappa shape index (κ1) is 19.1. The van der Waals surface area contributed by atoms with Gasteiger partial charge >= 0.3 is 0 Å². The normalized spacial score (nSPS) is 16.3. The first-order valence-electron chi connectivity index (χ1n) is 9.32. The van der Waals surface area contributed by atoms with Crippen molar-refractivity contribution in [2.75, 3.05) is 29.5 Å². The molecule has 2 N–H and O–H groups in total. The van der Waals surface area contributed by atoms with Crippen LogP contribution in [0.2, 0.25) is 5.02 Å². The molecule has 7 heteroatoms. The molecule has 0 aromatic heterocycles. The standard InChI is InChI=1S/C22H21ClN4O2/c1-15-10-11-26(14-20(15)25-21(28)16-2-4-17(23)5-3-16)18-6-8-19(9-7-18)27-12-13-29-22(27)24/h2-11,24H,12-14H2,1H3,(H,25,28). The molecule has 29 heavy (non-hydrogen) atoms. The lowest BCUT2D eigenvalue weighted by atomic mass is 10.1. The van der Waals surface area contributed by atoms with Gasteiger partial charge < -0.3 is 15.0 Å². The molecule has 2 aliphatic heterocycles. The van der Waals surface area contributed by atoms with Crippen LogP contribution in [0.1, 0.15) is 17.3 Å². The number of nitrogens with one attached hydrogen (secondary N) is 2. The number of hydrogen-bond donors (Lipinski definition) is 2. The van der Waals surface area contributed by atoms with Gasteiger partial charge in [0, 0.05) is 33.9 Å². The molecule has 1 saturated heterocycles. The molecule has 4 rings (SSSR count). The lowest BCUT2D eigenvalue weighted by Crippen LogP contribution is -2.33. The predicted octanol–water partition coefficient (Wildman–Crippen LogP) is 4.15. The van der Waals surface area contributed by atoms with Gasteiger partial charge in [0.1, 0.15) is 6.61 Å². The molecule has 0 bridgehead atoms. The molecule has 148 valence electrons. The lowest BCUT2D eigenvalue weighted by molar-refractivity contribution is 0.0965. The average Bonchev–Trinajstić information content (AvgIpc) is 3.16. The summed E-state index contributed by atoms with van der Waals surface area (Å²) < 4.78 is 5.21. The second kappa shape index (κ2) is 8.01. The zero-order valence-electron chi connectivity index (χ0n) is 16.0. The Balaban J connectivity index is 1.46. The minimum atomic E-state index is -0.158. The van der Waals surface area contributed by atoms with Crippen LogP contribution in [0.15, 0.2) is 72.1 Å². The van der Waals surface area contributed by atoms with Crippen molar-refractivity contribution in [2.24, 2.45) is 0 Å². The van der Waals surface area contributed by atoms with Crippen molar-refractivity contribution in [3.8, 4) is 0 Å². The van der Waals surface area contributed by atoms with Gasteiger partial charge in [-0.2, -0.15) is 0 Å². The summed E-state index contributed by atoms with van der Waals surface area (Å²) >= 11 is 5.90. The van der Waals surface area contributed by atoms with Crippen molar-refractivity contribution in [2.45, 2.75) is 6.92 Å². The molecule has 0 saturated carbocycles. The van der Waals surface area contributed by atoms with E-state index in [1.807, 2.05) is 48.4 Å². The minimum absolute atomic E-state index is 0.158. The van der Waals surface area contributed by atoms with E-state index in [0.717, 1.165) is 22.6 Å². The topological polar surface area (TPSA) is 68.7 Å². The second-order valence-electron chi connectivity index (χ2n) is 6.89. The smallest absolute Gasteiger partial charge is 0.289 e. The maximum Gasteiger partial charge on any atom is 0.289 e. The molecule has 2 aromatic rings. The van der Waals surface area contributed by atoms with E-state index in [1.165, 1.54) is 0 Å². The highest BCUT2D eigenvalue weighted by molar-refractivity contribution is 6.30. The molecule has 1 fully saturated rings. The van der Waals surface area contributed by atoms with Gasteiger partial charge in [-0.3, -0.25) is 15.1 Å². The fraction of sp³-hybridized carbons (Fsp3) is 0.182. The van der Waals surface area contributed by atoms with Gasteiger partial charge in [0.25, 0.3) is 11.9 Å². The van der Waals surface area contributed by atoms with Gasteiger partial charge in [0.2, 0.25) is 0 Å². The molecular formula is C22H21ClN4O2. The van der Waals surface area contributed by atoms with E-state index in [-0.39, 0.29) is 11.9 Å². The number of amidine groups is 1. The van der Waals surface area contributed by atoms with Crippen molar-refractivity contribution in [1.29, 1.82) is 5.41 Å². The summed E-state index contributed by atoms with van der Waals surface area (Å²) in [5.74, 6) is -0.158. The molecule has 0 unspecified atom stereocenters. The maximum atomic E-state index is 12.6. The van der Waals surface area contributed by atoms with Crippen LogP contribution in [0.3, 0.4) is 0 Å². The summed E-state index contributed by atoms with van der Waals surface area (Å²) in [5.41, 5.74) is 4.37. The maximum absolute atomic E-state index is 12.6. The molecule has 2 aliphatic rings. The van der Waals surface area contributed by atoms with Crippen LogP contribution < -0.4 is 15.1 Å². The molecule has 0 aliphatic carbocycles. The number of carbonyl (C=O) groups excluding carboxylic acids is 1. The van der Waals surface area contributed by atoms with E-state index in [1.54, 1.807) is 24.3 Å². The quantitative estimate of drug-likeness (QED) is 0.797. The molecule has 6 nitrogen and oxygen atoms in total. The van der Waals surface area contributed by atoms with Crippen LogP contribution in [-0.2, 0) is 4.74 Å². The minimum Gasteiger partial charge on any atom is -0.463 e. The summed E-state index contributed by atoms with van der Waals surface area (Å²) in [4.78, 5) is 16.5. The summed E-state index contributed by atoms with van der Waals surface area (Å²) in [6, 6.07) is 15.0. The summed E-state index contributed by atoms with van der Waals surface area (Å²) in [5, 5.41) is 11.4. The Morgan fingerprint density at radius 3 is 2.45 bits per heavy atom. The average molecular weight is 409 g/mol. The Bertz CT molecular complexity index is 996. The van der Waals surface area contributed by atoms with Crippen LogP contribution in [0.5, 0.6) is 0 Å². The van der Waals surface area contributed by atoms with Crippen molar-refractivity contribution in [3.05, 3.63) is 82.7 Å². The molecule has 0 radical (unpaired) electrons. The van der Waals surface area contributed by atoms with Gasteiger partial charge in [0.05, 0.1) is 13.1 Å². The first-order chi connectivity index (χ1) is 14.0. The van der Waals surface area contributed by atoms with Crippen LogP contribution in [-0.4, -0.2) is 31.6 Å². The number of amides is 1.